The largest absolute Gasteiger partial charge is 0.494 e. The van der Waals surface area contributed by atoms with E-state index in [9.17, 15) is 14.4 Å². The number of carbonyl (C=O) groups excluding carboxylic acids is 3. The lowest BCUT2D eigenvalue weighted by Gasteiger charge is -2.13. The van der Waals surface area contributed by atoms with Crippen LogP contribution in [-0.2, 0) is 14.4 Å². The van der Waals surface area contributed by atoms with E-state index in [0.717, 1.165) is 5.75 Å². The molecule has 2 rings (SSSR count). The van der Waals surface area contributed by atoms with Gasteiger partial charge >= 0.3 is 11.8 Å². The molecule has 0 radical (unpaired) electrons. The highest BCUT2D eigenvalue weighted by Gasteiger charge is 2.14. The minimum absolute atomic E-state index is 0.110. The van der Waals surface area contributed by atoms with E-state index in [1.807, 2.05) is 20.8 Å². The molecule has 0 heterocycles. The van der Waals surface area contributed by atoms with E-state index in [1.54, 1.807) is 49.4 Å². The fourth-order valence-corrected chi connectivity index (χ4v) is 2.74. The third-order valence-electron chi connectivity index (χ3n) is 4.65. The highest BCUT2D eigenvalue weighted by atomic mass is 16.5. The lowest BCUT2D eigenvalue weighted by atomic mass is 10.2. The zero-order valence-electron chi connectivity index (χ0n) is 20.4. The summed E-state index contributed by atoms with van der Waals surface area (Å²) in [5, 5.41) is 9.12. The molecule has 2 aromatic carbocycles. The van der Waals surface area contributed by atoms with E-state index in [2.05, 4.69) is 21.2 Å². The number of rotatable bonds is 12. The molecule has 3 N–H and O–H groups in total. The normalized spacial score (nSPS) is 11.4. The lowest BCUT2D eigenvalue weighted by molar-refractivity contribution is -0.139. The van der Waals surface area contributed by atoms with Gasteiger partial charge in [-0.2, -0.15) is 5.10 Å². The van der Waals surface area contributed by atoms with Crippen molar-refractivity contribution < 1.29 is 28.6 Å². The topological polar surface area (TPSA) is 127 Å². The van der Waals surface area contributed by atoms with Crippen molar-refractivity contribution in [3.63, 3.8) is 0 Å². The van der Waals surface area contributed by atoms with Crippen LogP contribution < -0.4 is 30.3 Å². The molecule has 10 nitrogen and oxygen atoms in total. The molecule has 0 aliphatic rings. The van der Waals surface area contributed by atoms with Crippen molar-refractivity contribution in [3.8, 4) is 17.2 Å². The average Bonchev–Trinajstić information content (AvgIpc) is 2.85. The van der Waals surface area contributed by atoms with Crippen LogP contribution in [0.15, 0.2) is 47.6 Å². The number of hydrogen-bond donors (Lipinski definition) is 3. The molecule has 3 amide bonds. The number of anilines is 1. The Morgan fingerprint density at radius 2 is 1.63 bits per heavy atom. The van der Waals surface area contributed by atoms with E-state index < -0.39 is 11.8 Å². The summed E-state index contributed by atoms with van der Waals surface area (Å²) in [6.07, 6.45) is 2.08. The number of ether oxygens (including phenoxy) is 3. The first-order chi connectivity index (χ1) is 16.9. The van der Waals surface area contributed by atoms with E-state index in [0.29, 0.717) is 42.4 Å². The van der Waals surface area contributed by atoms with Gasteiger partial charge < -0.3 is 24.8 Å². The molecule has 0 spiro atoms. The zero-order valence-corrected chi connectivity index (χ0v) is 20.4. The van der Waals surface area contributed by atoms with Crippen LogP contribution in [-0.4, -0.2) is 49.8 Å². The predicted octanol–water partition coefficient (Wildman–Crippen LogP) is 2.87. The minimum Gasteiger partial charge on any atom is -0.494 e. The van der Waals surface area contributed by atoms with Gasteiger partial charge in [0.1, 0.15) is 5.75 Å². The summed E-state index contributed by atoms with van der Waals surface area (Å²) < 4.78 is 16.6. The average molecular weight is 485 g/mol. The van der Waals surface area contributed by atoms with Crippen LogP contribution in [0, 0.1) is 0 Å². The fourth-order valence-electron chi connectivity index (χ4n) is 2.74. The number of nitrogens with zero attached hydrogens (tertiary/aromatic N) is 1. The third-order valence-corrected chi connectivity index (χ3v) is 4.65. The maximum absolute atomic E-state index is 12.3. The van der Waals surface area contributed by atoms with Gasteiger partial charge in [0.25, 0.3) is 5.91 Å². The number of carbonyl (C=O) groups is 3. The number of hydrogen-bond acceptors (Lipinski definition) is 7. The summed E-state index contributed by atoms with van der Waals surface area (Å²) in [5.41, 5.74) is 3.41. The Hall–Kier alpha value is -4.08. The SMILES string of the molecule is CCOc1ccc(NC(=O)COc2ccc(/C=N\NC(=O)C(=O)N[C@@H](C)CC)cc2OCC)cc1. The van der Waals surface area contributed by atoms with Crippen molar-refractivity contribution in [3.05, 3.63) is 48.0 Å². The van der Waals surface area contributed by atoms with Crippen LogP contribution >= 0.6 is 0 Å². The van der Waals surface area contributed by atoms with Crippen molar-refractivity contribution in [1.29, 1.82) is 0 Å². The maximum atomic E-state index is 12.3. The van der Waals surface area contributed by atoms with Crippen molar-refractivity contribution in [2.24, 2.45) is 5.10 Å². The van der Waals surface area contributed by atoms with Gasteiger partial charge in [-0.3, -0.25) is 14.4 Å². The number of hydrazone groups is 1. The number of nitrogens with one attached hydrogen (secondary N) is 3. The monoisotopic (exact) mass is 484 g/mol. The van der Waals surface area contributed by atoms with E-state index in [-0.39, 0.29) is 18.6 Å². The van der Waals surface area contributed by atoms with Crippen LogP contribution in [0.4, 0.5) is 5.69 Å². The first-order valence-corrected chi connectivity index (χ1v) is 11.4. The van der Waals surface area contributed by atoms with Gasteiger partial charge in [-0.15, -0.1) is 0 Å². The van der Waals surface area contributed by atoms with Gasteiger partial charge in [-0.1, -0.05) is 6.92 Å². The summed E-state index contributed by atoms with van der Waals surface area (Å²) in [7, 11) is 0. The molecule has 10 heteroatoms. The van der Waals surface area contributed by atoms with Crippen LogP contribution in [0.5, 0.6) is 17.2 Å². The molecule has 2 aromatic rings. The molecule has 0 unspecified atom stereocenters. The number of amides is 3. The molecule has 0 bridgehead atoms. The predicted molar refractivity (Wildman–Crippen MR) is 133 cm³/mol. The first kappa shape index (κ1) is 27.2. The Labute approximate surface area is 205 Å². The summed E-state index contributed by atoms with van der Waals surface area (Å²) in [6, 6.07) is 11.9. The molecule has 35 heavy (non-hydrogen) atoms. The Balaban J connectivity index is 1.93. The quantitative estimate of drug-likeness (QED) is 0.242. The second-order valence-electron chi connectivity index (χ2n) is 7.42. The van der Waals surface area contributed by atoms with Gasteiger partial charge in [0.05, 0.1) is 19.4 Å². The molecule has 0 saturated carbocycles. The van der Waals surface area contributed by atoms with E-state index in [1.165, 1.54) is 6.21 Å². The summed E-state index contributed by atoms with van der Waals surface area (Å²) in [6.45, 7) is 8.14. The van der Waals surface area contributed by atoms with E-state index in [4.69, 9.17) is 14.2 Å². The van der Waals surface area contributed by atoms with Crippen molar-refractivity contribution >= 4 is 29.6 Å². The molecule has 0 saturated heterocycles. The second kappa shape index (κ2) is 14.2. The maximum Gasteiger partial charge on any atom is 0.329 e. The van der Waals surface area contributed by atoms with E-state index >= 15 is 0 Å². The van der Waals surface area contributed by atoms with Gasteiger partial charge in [0.15, 0.2) is 18.1 Å². The van der Waals surface area contributed by atoms with Crippen LogP contribution in [0.2, 0.25) is 0 Å². The number of benzene rings is 2. The first-order valence-electron chi connectivity index (χ1n) is 11.4. The lowest BCUT2D eigenvalue weighted by Crippen LogP contribution is -2.41. The van der Waals surface area contributed by atoms with Gasteiger partial charge in [-0.25, -0.2) is 5.43 Å². The summed E-state index contributed by atoms with van der Waals surface area (Å²) >= 11 is 0. The minimum atomic E-state index is -0.856. The smallest absolute Gasteiger partial charge is 0.329 e. The van der Waals surface area contributed by atoms with Crippen molar-refractivity contribution in [2.45, 2.75) is 40.2 Å². The van der Waals surface area contributed by atoms with Gasteiger partial charge in [-0.05, 0) is 75.2 Å². The second-order valence-corrected chi connectivity index (χ2v) is 7.42. The molecule has 1 atom stereocenters. The molecule has 0 aliphatic carbocycles. The van der Waals surface area contributed by atoms with Gasteiger partial charge in [0, 0.05) is 11.7 Å². The van der Waals surface area contributed by atoms with Crippen molar-refractivity contribution in [2.75, 3.05) is 25.1 Å². The summed E-state index contributed by atoms with van der Waals surface area (Å²) in [5.74, 6) is -0.431. The molecule has 188 valence electrons. The Morgan fingerprint density at radius 3 is 2.29 bits per heavy atom. The molecule has 0 aromatic heterocycles. The van der Waals surface area contributed by atoms with Crippen LogP contribution in [0.3, 0.4) is 0 Å². The highest BCUT2D eigenvalue weighted by molar-refractivity contribution is 6.35. The standard InChI is InChI=1S/C25H32N4O6/c1-5-17(4)27-24(31)25(32)29-26-15-18-8-13-21(22(14-18)34-7-3)35-16-23(30)28-19-9-11-20(12-10-19)33-6-2/h8-15,17H,5-7,16H2,1-4H3,(H,27,31)(H,28,30)(H,29,32)/b26-15-/t17-/m0/s1. The molecular weight excluding hydrogens is 452 g/mol. The molecular formula is C25H32N4O6. The van der Waals surface area contributed by atoms with Crippen LogP contribution in [0.25, 0.3) is 0 Å². The molecule has 0 fully saturated rings. The Bertz CT molecular complexity index is 1020. The highest BCUT2D eigenvalue weighted by Crippen LogP contribution is 2.28. The Morgan fingerprint density at radius 1 is 0.914 bits per heavy atom. The third kappa shape index (κ3) is 9.36. The van der Waals surface area contributed by atoms with Crippen LogP contribution in [0.1, 0.15) is 39.7 Å². The van der Waals surface area contributed by atoms with Gasteiger partial charge in [0.2, 0.25) is 0 Å². The molecule has 0 aliphatic heterocycles. The summed E-state index contributed by atoms with van der Waals surface area (Å²) in [4.78, 5) is 35.8. The van der Waals surface area contributed by atoms with Crippen molar-refractivity contribution in [1.82, 2.24) is 10.7 Å². The zero-order chi connectivity index (χ0) is 25.6. The fraction of sp³-hybridized carbons (Fsp3) is 0.360. The Kier molecular flexibility index (Phi) is 11.1.